The maximum Gasteiger partial charge on any atom is 0.146 e. The molecule has 0 aromatic heterocycles. The number of rotatable bonds is 3. The van der Waals surface area contributed by atoms with E-state index < -0.39 is 0 Å². The predicted octanol–water partition coefficient (Wildman–Crippen LogP) is 5.99. The molecule has 0 saturated heterocycles. The smallest absolute Gasteiger partial charge is 0.146 e. The van der Waals surface area contributed by atoms with E-state index in [0.717, 1.165) is 11.1 Å². The second-order valence-corrected chi connectivity index (χ2v) is 5.26. The van der Waals surface area contributed by atoms with Crippen molar-refractivity contribution in [3.05, 3.63) is 57.6 Å². The SMILES string of the molecule is Cc1ccc(Cl)c(Oc2cccc(Cl)c2CBr)c1. The minimum atomic E-state index is 0.584. The van der Waals surface area contributed by atoms with Crippen molar-refractivity contribution in [2.24, 2.45) is 0 Å². The molecule has 0 N–H and O–H groups in total. The van der Waals surface area contributed by atoms with E-state index in [-0.39, 0.29) is 0 Å². The first-order valence-corrected chi connectivity index (χ1v) is 7.27. The first kappa shape index (κ1) is 13.7. The lowest BCUT2D eigenvalue weighted by Gasteiger charge is -2.12. The van der Waals surface area contributed by atoms with Crippen LogP contribution in [0.5, 0.6) is 11.5 Å². The van der Waals surface area contributed by atoms with Crippen molar-refractivity contribution in [2.45, 2.75) is 12.3 Å². The minimum absolute atomic E-state index is 0.584. The molecule has 0 amide bonds. The molecule has 1 nitrogen and oxygen atoms in total. The van der Waals surface area contributed by atoms with Gasteiger partial charge in [0, 0.05) is 15.9 Å². The normalized spacial score (nSPS) is 10.4. The number of aryl methyl sites for hydroxylation is 1. The van der Waals surface area contributed by atoms with Gasteiger partial charge in [0.2, 0.25) is 0 Å². The van der Waals surface area contributed by atoms with Gasteiger partial charge in [0.1, 0.15) is 11.5 Å². The summed E-state index contributed by atoms with van der Waals surface area (Å²) >= 11 is 15.6. The second kappa shape index (κ2) is 5.96. The van der Waals surface area contributed by atoms with Gasteiger partial charge in [-0.15, -0.1) is 0 Å². The zero-order valence-corrected chi connectivity index (χ0v) is 12.8. The van der Waals surface area contributed by atoms with E-state index in [4.69, 9.17) is 27.9 Å². The molecule has 0 saturated carbocycles. The van der Waals surface area contributed by atoms with Crippen LogP contribution < -0.4 is 4.74 Å². The van der Waals surface area contributed by atoms with Crippen LogP contribution in [0.2, 0.25) is 10.0 Å². The van der Waals surface area contributed by atoms with Crippen molar-refractivity contribution < 1.29 is 4.74 Å². The van der Waals surface area contributed by atoms with Crippen molar-refractivity contribution >= 4 is 39.1 Å². The highest BCUT2D eigenvalue weighted by Gasteiger charge is 2.10. The Labute approximate surface area is 125 Å². The van der Waals surface area contributed by atoms with Crippen LogP contribution in [0.3, 0.4) is 0 Å². The van der Waals surface area contributed by atoms with E-state index in [0.29, 0.717) is 26.9 Å². The van der Waals surface area contributed by atoms with Gasteiger partial charge in [0.15, 0.2) is 0 Å². The summed E-state index contributed by atoms with van der Waals surface area (Å²) in [5.41, 5.74) is 2.01. The summed E-state index contributed by atoms with van der Waals surface area (Å²) in [6, 6.07) is 11.2. The highest BCUT2D eigenvalue weighted by atomic mass is 79.9. The summed E-state index contributed by atoms with van der Waals surface area (Å²) in [6.45, 7) is 1.99. The van der Waals surface area contributed by atoms with E-state index in [2.05, 4.69) is 15.9 Å². The van der Waals surface area contributed by atoms with Crippen LogP contribution in [-0.4, -0.2) is 0 Å². The Morgan fingerprint density at radius 1 is 1.06 bits per heavy atom. The molecule has 0 radical (unpaired) electrons. The van der Waals surface area contributed by atoms with Gasteiger partial charge in [-0.2, -0.15) is 0 Å². The van der Waals surface area contributed by atoms with Crippen molar-refractivity contribution in [3.63, 3.8) is 0 Å². The molecule has 0 bridgehead atoms. The Morgan fingerprint density at radius 3 is 2.56 bits per heavy atom. The minimum Gasteiger partial charge on any atom is -0.455 e. The molecule has 0 aliphatic heterocycles. The van der Waals surface area contributed by atoms with Crippen molar-refractivity contribution in [1.82, 2.24) is 0 Å². The van der Waals surface area contributed by atoms with Crippen LogP contribution in [0.1, 0.15) is 11.1 Å². The molecule has 0 spiro atoms. The summed E-state index contributed by atoms with van der Waals surface area (Å²) in [5, 5.41) is 1.89. The monoisotopic (exact) mass is 344 g/mol. The number of benzene rings is 2. The predicted molar refractivity (Wildman–Crippen MR) is 80.3 cm³/mol. The van der Waals surface area contributed by atoms with Crippen molar-refractivity contribution in [2.75, 3.05) is 0 Å². The van der Waals surface area contributed by atoms with Crippen LogP contribution in [0.4, 0.5) is 0 Å². The molecule has 2 aromatic rings. The van der Waals surface area contributed by atoms with Gasteiger partial charge >= 0.3 is 0 Å². The third kappa shape index (κ3) is 3.00. The zero-order chi connectivity index (χ0) is 13.1. The third-order valence-corrected chi connectivity index (χ3v) is 3.74. The van der Waals surface area contributed by atoms with E-state index >= 15 is 0 Å². The molecule has 4 heteroatoms. The first-order valence-electron chi connectivity index (χ1n) is 5.39. The number of halogens is 3. The van der Waals surface area contributed by atoms with E-state index in [1.165, 1.54) is 0 Å². The first-order chi connectivity index (χ1) is 8.61. The fraction of sp³-hybridized carbons (Fsp3) is 0.143. The Morgan fingerprint density at radius 2 is 1.83 bits per heavy atom. The molecule has 0 fully saturated rings. The van der Waals surface area contributed by atoms with Gasteiger partial charge in [-0.3, -0.25) is 0 Å². The van der Waals surface area contributed by atoms with Gasteiger partial charge < -0.3 is 4.74 Å². The number of hydrogen-bond acceptors (Lipinski definition) is 1. The second-order valence-electron chi connectivity index (χ2n) is 3.89. The Hall–Kier alpha value is -0.700. The van der Waals surface area contributed by atoms with E-state index in [1.54, 1.807) is 0 Å². The van der Waals surface area contributed by atoms with Crippen molar-refractivity contribution in [3.8, 4) is 11.5 Å². The topological polar surface area (TPSA) is 9.23 Å². The molecule has 0 heterocycles. The maximum absolute atomic E-state index is 6.12. The molecule has 0 unspecified atom stereocenters. The summed E-state index contributed by atoms with van der Waals surface area (Å²) in [6.07, 6.45) is 0. The van der Waals surface area contributed by atoms with Gasteiger partial charge in [-0.25, -0.2) is 0 Å². The zero-order valence-electron chi connectivity index (χ0n) is 9.71. The number of ether oxygens (including phenoxy) is 1. The molecular formula is C14H11BrCl2O. The standard InChI is InChI=1S/C14H11BrCl2O/c1-9-5-6-12(17)14(7-9)18-13-4-2-3-11(16)10(13)8-15/h2-7H,8H2,1H3. The molecular weight excluding hydrogens is 335 g/mol. The number of alkyl halides is 1. The van der Waals surface area contributed by atoms with Crippen LogP contribution in [0, 0.1) is 6.92 Å². The Balaban J connectivity index is 2.40. The highest BCUT2D eigenvalue weighted by molar-refractivity contribution is 9.08. The summed E-state index contributed by atoms with van der Waals surface area (Å²) in [5.74, 6) is 1.35. The summed E-state index contributed by atoms with van der Waals surface area (Å²) in [4.78, 5) is 0. The van der Waals surface area contributed by atoms with E-state index in [1.807, 2.05) is 43.3 Å². The number of hydrogen-bond donors (Lipinski definition) is 0. The van der Waals surface area contributed by atoms with E-state index in [9.17, 15) is 0 Å². The van der Waals surface area contributed by atoms with Gasteiger partial charge in [-0.1, -0.05) is 51.3 Å². The average Bonchev–Trinajstić information content (AvgIpc) is 2.34. The van der Waals surface area contributed by atoms with Crippen LogP contribution >= 0.6 is 39.1 Å². The Bertz CT molecular complexity index is 570. The third-order valence-electron chi connectivity index (χ3n) is 2.52. The quantitative estimate of drug-likeness (QED) is 0.621. The van der Waals surface area contributed by atoms with Gasteiger partial charge in [-0.05, 0) is 36.8 Å². The van der Waals surface area contributed by atoms with Crippen LogP contribution in [0.15, 0.2) is 36.4 Å². The molecule has 0 aliphatic carbocycles. The molecule has 2 rings (SSSR count). The van der Waals surface area contributed by atoms with Gasteiger partial charge in [0.25, 0.3) is 0 Å². The summed E-state index contributed by atoms with van der Waals surface area (Å²) in [7, 11) is 0. The molecule has 0 atom stereocenters. The van der Waals surface area contributed by atoms with Crippen molar-refractivity contribution in [1.29, 1.82) is 0 Å². The molecule has 18 heavy (non-hydrogen) atoms. The lowest BCUT2D eigenvalue weighted by atomic mass is 10.2. The fourth-order valence-corrected chi connectivity index (χ4v) is 2.70. The highest BCUT2D eigenvalue weighted by Crippen LogP contribution is 2.35. The average molecular weight is 346 g/mol. The fourth-order valence-electron chi connectivity index (χ4n) is 1.57. The Kier molecular flexibility index (Phi) is 4.55. The largest absolute Gasteiger partial charge is 0.455 e. The maximum atomic E-state index is 6.12. The van der Waals surface area contributed by atoms with Crippen LogP contribution in [0.25, 0.3) is 0 Å². The molecule has 2 aromatic carbocycles. The molecule has 94 valence electrons. The lowest BCUT2D eigenvalue weighted by Crippen LogP contribution is -1.91. The van der Waals surface area contributed by atoms with Gasteiger partial charge in [0.05, 0.1) is 5.02 Å². The summed E-state index contributed by atoms with van der Waals surface area (Å²) < 4.78 is 5.85. The lowest BCUT2D eigenvalue weighted by molar-refractivity contribution is 0.478. The molecule has 0 aliphatic rings. The van der Waals surface area contributed by atoms with Crippen LogP contribution in [-0.2, 0) is 5.33 Å².